The predicted octanol–water partition coefficient (Wildman–Crippen LogP) is 2.92. The third-order valence-electron chi connectivity index (χ3n) is 1.95. The second kappa shape index (κ2) is 5.16. The molecule has 4 heteroatoms. The van der Waals surface area contributed by atoms with Crippen LogP contribution in [-0.4, -0.2) is 19.1 Å². The van der Waals surface area contributed by atoms with Gasteiger partial charge in [0.15, 0.2) is 0 Å². The molecule has 0 aromatic carbocycles. The van der Waals surface area contributed by atoms with Gasteiger partial charge in [-0.1, -0.05) is 6.92 Å². The summed E-state index contributed by atoms with van der Waals surface area (Å²) >= 11 is 1.50. The summed E-state index contributed by atoms with van der Waals surface area (Å²) in [6.07, 6.45) is 0.939. The molecule has 3 nitrogen and oxygen atoms in total. The van der Waals surface area contributed by atoms with Crippen LogP contribution in [-0.2, 0) is 11.2 Å². The van der Waals surface area contributed by atoms with Crippen LogP contribution in [0.25, 0.3) is 0 Å². The number of anilines is 1. The topological polar surface area (TPSA) is 38.3 Å². The molecule has 0 amide bonds. The first-order valence-corrected chi connectivity index (χ1v) is 5.87. The zero-order valence-electron chi connectivity index (χ0n) is 9.59. The number of ether oxygens (including phenoxy) is 1. The minimum absolute atomic E-state index is 0.261. The summed E-state index contributed by atoms with van der Waals surface area (Å²) in [4.78, 5) is 13.4. The van der Waals surface area contributed by atoms with Gasteiger partial charge in [0, 0.05) is 10.9 Å². The number of hydrogen-bond acceptors (Lipinski definition) is 4. The Balaban J connectivity index is 3.00. The van der Waals surface area contributed by atoms with E-state index in [0.29, 0.717) is 10.9 Å². The van der Waals surface area contributed by atoms with Crippen molar-refractivity contribution in [2.45, 2.75) is 33.2 Å². The molecule has 0 unspecified atom stereocenters. The lowest BCUT2D eigenvalue weighted by Crippen LogP contribution is -2.12. The average Bonchev–Trinajstić information content (AvgIpc) is 2.59. The van der Waals surface area contributed by atoms with Crippen molar-refractivity contribution in [1.82, 2.24) is 0 Å². The lowest BCUT2D eigenvalue weighted by atomic mass is 10.3. The second-order valence-corrected chi connectivity index (χ2v) is 4.74. The number of methoxy groups -OCH3 is 1. The molecule has 0 saturated heterocycles. The van der Waals surface area contributed by atoms with Crippen LogP contribution < -0.4 is 5.32 Å². The predicted molar refractivity (Wildman–Crippen MR) is 63.8 cm³/mol. The first kappa shape index (κ1) is 12.0. The van der Waals surface area contributed by atoms with Crippen LogP contribution in [0.5, 0.6) is 0 Å². The Kier molecular flexibility index (Phi) is 4.15. The van der Waals surface area contributed by atoms with Gasteiger partial charge in [0.1, 0.15) is 4.88 Å². The van der Waals surface area contributed by atoms with Crippen molar-refractivity contribution in [2.24, 2.45) is 0 Å². The minimum Gasteiger partial charge on any atom is -0.465 e. The number of carbonyl (C=O) groups is 1. The van der Waals surface area contributed by atoms with Crippen molar-refractivity contribution in [3.63, 3.8) is 0 Å². The fraction of sp³-hybridized carbons (Fsp3) is 0.545. The lowest BCUT2D eigenvalue weighted by molar-refractivity contribution is 0.0607. The van der Waals surface area contributed by atoms with E-state index < -0.39 is 0 Å². The Morgan fingerprint density at radius 3 is 2.73 bits per heavy atom. The maximum Gasteiger partial charge on any atom is 0.350 e. The Morgan fingerprint density at radius 2 is 2.27 bits per heavy atom. The van der Waals surface area contributed by atoms with Crippen molar-refractivity contribution >= 4 is 23.0 Å². The second-order valence-electron chi connectivity index (χ2n) is 3.60. The van der Waals surface area contributed by atoms with E-state index in [2.05, 4.69) is 12.2 Å². The maximum atomic E-state index is 11.5. The quantitative estimate of drug-likeness (QED) is 0.804. The molecule has 0 saturated carbocycles. The molecule has 0 aliphatic carbocycles. The zero-order valence-corrected chi connectivity index (χ0v) is 10.4. The Morgan fingerprint density at radius 1 is 1.60 bits per heavy atom. The third-order valence-corrected chi connectivity index (χ3v) is 3.21. The van der Waals surface area contributed by atoms with E-state index in [4.69, 9.17) is 4.74 Å². The molecule has 84 valence electrons. The van der Waals surface area contributed by atoms with Crippen LogP contribution >= 0.6 is 11.3 Å². The molecular weight excluding hydrogens is 210 g/mol. The van der Waals surface area contributed by atoms with Gasteiger partial charge in [-0.15, -0.1) is 11.3 Å². The Hall–Kier alpha value is -1.03. The van der Waals surface area contributed by atoms with E-state index >= 15 is 0 Å². The number of rotatable bonds is 4. The Labute approximate surface area is 94.5 Å². The van der Waals surface area contributed by atoms with Crippen molar-refractivity contribution in [3.8, 4) is 0 Å². The third kappa shape index (κ3) is 2.96. The minimum atomic E-state index is -0.261. The van der Waals surface area contributed by atoms with Gasteiger partial charge in [0.2, 0.25) is 0 Å². The van der Waals surface area contributed by atoms with Crippen LogP contribution in [0, 0.1) is 0 Å². The van der Waals surface area contributed by atoms with E-state index in [1.165, 1.54) is 23.3 Å². The van der Waals surface area contributed by atoms with Gasteiger partial charge in [-0.2, -0.15) is 0 Å². The molecule has 1 heterocycles. The van der Waals surface area contributed by atoms with Gasteiger partial charge in [-0.05, 0) is 26.3 Å². The van der Waals surface area contributed by atoms with E-state index in [9.17, 15) is 4.79 Å². The highest BCUT2D eigenvalue weighted by atomic mass is 32.1. The van der Waals surface area contributed by atoms with E-state index in [0.717, 1.165) is 12.1 Å². The van der Waals surface area contributed by atoms with Crippen LogP contribution in [0.4, 0.5) is 5.69 Å². The summed E-state index contributed by atoms with van der Waals surface area (Å²) in [5.74, 6) is -0.261. The standard InChI is InChI=1S/C11H17NO2S/c1-5-8-6-9(12-7(2)3)10(15-8)11(13)14-4/h6-7,12H,5H2,1-4H3. The highest BCUT2D eigenvalue weighted by molar-refractivity contribution is 7.14. The first-order chi connectivity index (χ1) is 7.08. The molecule has 0 atom stereocenters. The molecule has 0 radical (unpaired) electrons. The molecule has 0 bridgehead atoms. The lowest BCUT2D eigenvalue weighted by Gasteiger charge is -2.09. The number of thiophene rings is 1. The van der Waals surface area contributed by atoms with Gasteiger partial charge in [-0.3, -0.25) is 0 Å². The molecule has 0 aliphatic rings. The largest absolute Gasteiger partial charge is 0.465 e. The molecular formula is C11H17NO2S. The summed E-state index contributed by atoms with van der Waals surface area (Å²) in [7, 11) is 1.41. The molecule has 1 aromatic rings. The van der Waals surface area contributed by atoms with Crippen LogP contribution in [0.1, 0.15) is 35.3 Å². The van der Waals surface area contributed by atoms with Crippen LogP contribution in [0.3, 0.4) is 0 Å². The number of esters is 1. The molecule has 0 spiro atoms. The van der Waals surface area contributed by atoms with E-state index in [1.807, 2.05) is 19.9 Å². The van der Waals surface area contributed by atoms with E-state index in [1.54, 1.807) is 0 Å². The summed E-state index contributed by atoms with van der Waals surface area (Å²) in [6.45, 7) is 6.17. The number of aryl methyl sites for hydroxylation is 1. The molecule has 15 heavy (non-hydrogen) atoms. The van der Waals surface area contributed by atoms with Crippen LogP contribution in [0.15, 0.2) is 6.07 Å². The fourth-order valence-electron chi connectivity index (χ4n) is 1.28. The van der Waals surface area contributed by atoms with Gasteiger partial charge in [-0.25, -0.2) is 4.79 Å². The Bertz CT molecular complexity index is 344. The average molecular weight is 227 g/mol. The van der Waals surface area contributed by atoms with Gasteiger partial charge >= 0.3 is 5.97 Å². The molecule has 1 aromatic heterocycles. The fourth-order valence-corrected chi connectivity index (χ4v) is 2.26. The summed E-state index contributed by atoms with van der Waals surface area (Å²) in [6, 6.07) is 2.34. The molecule has 0 fully saturated rings. The summed E-state index contributed by atoms with van der Waals surface area (Å²) in [5.41, 5.74) is 0.888. The first-order valence-electron chi connectivity index (χ1n) is 5.06. The highest BCUT2D eigenvalue weighted by Crippen LogP contribution is 2.28. The monoisotopic (exact) mass is 227 g/mol. The molecule has 1 N–H and O–H groups in total. The SMILES string of the molecule is CCc1cc(NC(C)C)c(C(=O)OC)s1. The highest BCUT2D eigenvalue weighted by Gasteiger charge is 2.16. The smallest absolute Gasteiger partial charge is 0.350 e. The van der Waals surface area contributed by atoms with Gasteiger partial charge in [0.25, 0.3) is 0 Å². The normalized spacial score (nSPS) is 10.5. The zero-order chi connectivity index (χ0) is 11.4. The number of nitrogens with one attached hydrogen (secondary N) is 1. The van der Waals surface area contributed by atoms with Crippen molar-refractivity contribution < 1.29 is 9.53 Å². The van der Waals surface area contributed by atoms with Crippen molar-refractivity contribution in [2.75, 3.05) is 12.4 Å². The summed E-state index contributed by atoms with van der Waals surface area (Å²) in [5, 5.41) is 3.25. The number of hydrogen-bond donors (Lipinski definition) is 1. The van der Waals surface area contributed by atoms with Gasteiger partial charge in [0.05, 0.1) is 12.8 Å². The van der Waals surface area contributed by atoms with E-state index in [-0.39, 0.29) is 5.97 Å². The van der Waals surface area contributed by atoms with Crippen molar-refractivity contribution in [1.29, 1.82) is 0 Å². The molecule has 1 rings (SSSR count). The number of carbonyl (C=O) groups excluding carboxylic acids is 1. The van der Waals surface area contributed by atoms with Crippen molar-refractivity contribution in [3.05, 3.63) is 15.8 Å². The summed E-state index contributed by atoms with van der Waals surface area (Å²) < 4.78 is 4.75. The van der Waals surface area contributed by atoms with Crippen LogP contribution in [0.2, 0.25) is 0 Å². The van der Waals surface area contributed by atoms with Gasteiger partial charge < -0.3 is 10.1 Å². The maximum absolute atomic E-state index is 11.5. The molecule has 0 aliphatic heterocycles.